The van der Waals surface area contributed by atoms with Crippen LogP contribution < -0.4 is 0 Å². The first-order valence-corrected chi connectivity index (χ1v) is 8.70. The smallest absolute Gasteiger partial charge is 0.121 e. The zero-order valence-electron chi connectivity index (χ0n) is 13.7. The average Bonchev–Trinajstić information content (AvgIpc) is 2.66. The maximum absolute atomic E-state index is 10.7. The van der Waals surface area contributed by atoms with Gasteiger partial charge in [0.15, 0.2) is 0 Å². The summed E-state index contributed by atoms with van der Waals surface area (Å²) in [6.45, 7) is 2.09. The van der Waals surface area contributed by atoms with Gasteiger partial charge in [-0.2, -0.15) is 0 Å². The van der Waals surface area contributed by atoms with Crippen LogP contribution in [0.15, 0.2) is 60.8 Å². The third-order valence-corrected chi connectivity index (χ3v) is 4.94. The molecule has 0 amide bonds. The van der Waals surface area contributed by atoms with Gasteiger partial charge in [-0.1, -0.05) is 42.8 Å². The number of rotatable bonds is 3. The van der Waals surface area contributed by atoms with Crippen LogP contribution in [-0.4, -0.2) is 28.1 Å². The molecule has 0 radical (unpaired) electrons. The van der Waals surface area contributed by atoms with E-state index in [1.807, 2.05) is 42.6 Å². The minimum absolute atomic E-state index is 0.00222. The molecule has 24 heavy (non-hydrogen) atoms. The molecule has 0 saturated carbocycles. The van der Waals surface area contributed by atoms with Crippen LogP contribution in [-0.2, 0) is 0 Å². The summed E-state index contributed by atoms with van der Waals surface area (Å²) in [7, 11) is 0. The number of hydrogen-bond acceptors (Lipinski definition) is 3. The number of aromatic nitrogens is 1. The average molecular weight is 318 g/mol. The van der Waals surface area contributed by atoms with Gasteiger partial charge in [-0.15, -0.1) is 0 Å². The van der Waals surface area contributed by atoms with Crippen molar-refractivity contribution in [2.24, 2.45) is 0 Å². The largest absolute Gasteiger partial charge is 0.508 e. The van der Waals surface area contributed by atoms with E-state index >= 15 is 0 Å². The third kappa shape index (κ3) is 2.76. The Morgan fingerprint density at radius 1 is 0.875 bits per heavy atom. The molecule has 1 N–H and O–H groups in total. The molecule has 1 aliphatic rings. The molecule has 3 aromatic rings. The molecule has 2 aromatic carbocycles. The number of piperidine rings is 1. The van der Waals surface area contributed by atoms with E-state index in [4.69, 9.17) is 0 Å². The molecule has 1 saturated heterocycles. The second kappa shape index (κ2) is 6.62. The standard InChI is InChI=1S/C21H22N2O/c24-19-12-11-16-8-2-3-9-17(16)20(19)21(18-10-4-5-13-22-18)23-14-6-1-7-15-23/h2-5,8-13,21,24H,1,6-7,14-15H2. The normalized spacial score (nSPS) is 17.0. The van der Waals surface area contributed by atoms with Crippen LogP contribution in [0, 0.1) is 0 Å². The molecule has 1 atom stereocenters. The van der Waals surface area contributed by atoms with Gasteiger partial charge in [0.25, 0.3) is 0 Å². The predicted molar refractivity (Wildman–Crippen MR) is 97.1 cm³/mol. The Morgan fingerprint density at radius 3 is 2.46 bits per heavy atom. The number of likely N-dealkylation sites (tertiary alicyclic amines) is 1. The number of nitrogens with zero attached hydrogens (tertiary/aromatic N) is 2. The van der Waals surface area contributed by atoms with E-state index < -0.39 is 0 Å². The van der Waals surface area contributed by atoms with E-state index in [1.165, 1.54) is 19.3 Å². The Hall–Kier alpha value is -2.39. The van der Waals surface area contributed by atoms with Gasteiger partial charge in [0.1, 0.15) is 5.75 Å². The zero-order valence-corrected chi connectivity index (χ0v) is 13.7. The van der Waals surface area contributed by atoms with Crippen molar-refractivity contribution in [2.75, 3.05) is 13.1 Å². The molecule has 0 spiro atoms. The second-order valence-corrected chi connectivity index (χ2v) is 6.47. The lowest BCUT2D eigenvalue weighted by Gasteiger charge is -2.35. The Morgan fingerprint density at radius 2 is 1.67 bits per heavy atom. The fraction of sp³-hybridized carbons (Fsp3) is 0.286. The lowest BCUT2D eigenvalue weighted by molar-refractivity contribution is 0.183. The van der Waals surface area contributed by atoms with Crippen LogP contribution in [0.2, 0.25) is 0 Å². The summed E-state index contributed by atoms with van der Waals surface area (Å²) in [5.74, 6) is 0.356. The first-order valence-electron chi connectivity index (χ1n) is 8.70. The Kier molecular flexibility index (Phi) is 4.18. The molecule has 0 aliphatic carbocycles. The number of phenolic OH excluding ortho intramolecular Hbond substituents is 1. The van der Waals surface area contributed by atoms with Crippen LogP contribution in [0.4, 0.5) is 0 Å². The van der Waals surface area contributed by atoms with Crippen molar-refractivity contribution in [3.05, 3.63) is 72.1 Å². The molecular formula is C21H22N2O. The zero-order chi connectivity index (χ0) is 16.4. The van der Waals surface area contributed by atoms with Gasteiger partial charge < -0.3 is 5.11 Å². The third-order valence-electron chi connectivity index (χ3n) is 4.94. The van der Waals surface area contributed by atoms with E-state index in [2.05, 4.69) is 28.1 Å². The summed E-state index contributed by atoms with van der Waals surface area (Å²) in [6.07, 6.45) is 5.53. The van der Waals surface area contributed by atoms with Crippen LogP contribution in [0.25, 0.3) is 10.8 Å². The molecule has 0 bridgehead atoms. The van der Waals surface area contributed by atoms with Gasteiger partial charge in [-0.3, -0.25) is 9.88 Å². The second-order valence-electron chi connectivity index (χ2n) is 6.47. The first kappa shape index (κ1) is 15.2. The molecule has 2 heterocycles. The van der Waals surface area contributed by atoms with Crippen molar-refractivity contribution < 1.29 is 5.11 Å². The molecule has 1 fully saturated rings. The summed E-state index contributed by atoms with van der Waals surface area (Å²) >= 11 is 0. The number of hydrogen-bond donors (Lipinski definition) is 1. The molecule has 122 valence electrons. The lowest BCUT2D eigenvalue weighted by atomic mass is 9.92. The van der Waals surface area contributed by atoms with Gasteiger partial charge in [-0.05, 0) is 54.9 Å². The van der Waals surface area contributed by atoms with Crippen LogP contribution in [0.3, 0.4) is 0 Å². The Bertz CT molecular complexity index is 826. The van der Waals surface area contributed by atoms with E-state index in [1.54, 1.807) is 0 Å². The number of fused-ring (bicyclic) bond motifs is 1. The van der Waals surface area contributed by atoms with E-state index in [9.17, 15) is 5.11 Å². The summed E-state index contributed by atoms with van der Waals surface area (Å²) < 4.78 is 0. The summed E-state index contributed by atoms with van der Waals surface area (Å²) in [5.41, 5.74) is 1.99. The van der Waals surface area contributed by atoms with Crippen molar-refractivity contribution in [1.82, 2.24) is 9.88 Å². The lowest BCUT2D eigenvalue weighted by Crippen LogP contribution is -2.35. The van der Waals surface area contributed by atoms with Gasteiger partial charge in [0.2, 0.25) is 0 Å². The predicted octanol–water partition coefficient (Wildman–Crippen LogP) is 4.52. The molecule has 3 nitrogen and oxygen atoms in total. The van der Waals surface area contributed by atoms with Crippen molar-refractivity contribution in [3.8, 4) is 5.75 Å². The monoisotopic (exact) mass is 318 g/mol. The SMILES string of the molecule is Oc1ccc2ccccc2c1C(c1ccccn1)N1CCCCC1. The summed E-state index contributed by atoms with van der Waals surface area (Å²) in [4.78, 5) is 7.09. The van der Waals surface area contributed by atoms with Crippen LogP contribution in [0.1, 0.15) is 36.6 Å². The summed E-state index contributed by atoms with van der Waals surface area (Å²) in [6, 6.07) is 18.1. The molecule has 1 aliphatic heterocycles. The Balaban J connectivity index is 1.92. The highest BCUT2D eigenvalue weighted by Gasteiger charge is 2.28. The van der Waals surface area contributed by atoms with Crippen molar-refractivity contribution in [2.45, 2.75) is 25.3 Å². The molecule has 1 unspecified atom stereocenters. The maximum atomic E-state index is 10.7. The topological polar surface area (TPSA) is 36.4 Å². The van der Waals surface area contributed by atoms with Crippen LogP contribution in [0.5, 0.6) is 5.75 Å². The molecule has 4 rings (SSSR count). The van der Waals surface area contributed by atoms with Crippen molar-refractivity contribution >= 4 is 10.8 Å². The quantitative estimate of drug-likeness (QED) is 0.771. The van der Waals surface area contributed by atoms with E-state index in [-0.39, 0.29) is 6.04 Å². The highest BCUT2D eigenvalue weighted by molar-refractivity contribution is 5.88. The van der Waals surface area contributed by atoms with Gasteiger partial charge in [0, 0.05) is 11.8 Å². The fourth-order valence-electron chi connectivity index (χ4n) is 3.80. The van der Waals surface area contributed by atoms with Gasteiger partial charge in [-0.25, -0.2) is 0 Å². The fourth-order valence-corrected chi connectivity index (χ4v) is 3.80. The Labute approximate surface area is 142 Å². The number of aromatic hydroxyl groups is 1. The number of benzene rings is 2. The van der Waals surface area contributed by atoms with Crippen molar-refractivity contribution in [3.63, 3.8) is 0 Å². The first-order chi connectivity index (χ1) is 11.8. The summed E-state index contributed by atoms with van der Waals surface area (Å²) in [5, 5.41) is 13.0. The molecular weight excluding hydrogens is 296 g/mol. The van der Waals surface area contributed by atoms with Gasteiger partial charge in [0.05, 0.1) is 11.7 Å². The van der Waals surface area contributed by atoms with Crippen LogP contribution >= 0.6 is 0 Å². The highest BCUT2D eigenvalue weighted by Crippen LogP contribution is 2.39. The molecule has 3 heteroatoms. The minimum Gasteiger partial charge on any atom is -0.508 e. The maximum Gasteiger partial charge on any atom is 0.121 e. The number of pyridine rings is 1. The highest BCUT2D eigenvalue weighted by atomic mass is 16.3. The minimum atomic E-state index is -0.00222. The van der Waals surface area contributed by atoms with E-state index in [0.29, 0.717) is 5.75 Å². The number of phenols is 1. The van der Waals surface area contributed by atoms with Crippen molar-refractivity contribution in [1.29, 1.82) is 0 Å². The van der Waals surface area contributed by atoms with Gasteiger partial charge >= 0.3 is 0 Å². The molecule has 1 aromatic heterocycles. The van der Waals surface area contributed by atoms with E-state index in [0.717, 1.165) is 35.1 Å².